The number of likely N-dealkylation sites (N-methyl/N-ethyl adjacent to an activating group) is 1. The van der Waals surface area contributed by atoms with Crippen molar-refractivity contribution in [3.05, 3.63) is 17.7 Å². The molecule has 3 rings (SSSR count). The Balaban J connectivity index is 1.78. The lowest BCUT2D eigenvalue weighted by molar-refractivity contribution is -0.146. The highest BCUT2D eigenvalue weighted by Crippen LogP contribution is 2.30. The van der Waals surface area contributed by atoms with Crippen molar-refractivity contribution in [2.45, 2.75) is 31.7 Å². The minimum atomic E-state index is -0.0883. The highest BCUT2D eigenvalue weighted by molar-refractivity contribution is 5.72. The lowest BCUT2D eigenvalue weighted by atomic mass is 9.96. The standard InChI is InChI=1S/C14H21N3O2/c1-16-5-3-11(9-16)13-15-8-12-7-10(14(18)19-2)4-6-17(12)13/h8,10-11H,3-7,9H2,1-2H3. The Kier molecular flexibility index (Phi) is 3.31. The van der Waals surface area contributed by atoms with Crippen LogP contribution in [-0.2, 0) is 22.5 Å². The number of carbonyl (C=O) groups excluding carboxylic acids is 1. The molecule has 3 heterocycles. The van der Waals surface area contributed by atoms with E-state index in [-0.39, 0.29) is 11.9 Å². The zero-order valence-corrected chi connectivity index (χ0v) is 11.6. The smallest absolute Gasteiger partial charge is 0.309 e. The van der Waals surface area contributed by atoms with Gasteiger partial charge in [0.05, 0.1) is 13.0 Å². The molecule has 0 saturated carbocycles. The SMILES string of the molecule is COC(=O)C1CCn2c(cnc2C2CCN(C)C2)C1. The van der Waals surface area contributed by atoms with Crippen molar-refractivity contribution in [2.75, 3.05) is 27.2 Å². The van der Waals surface area contributed by atoms with Crippen molar-refractivity contribution in [1.29, 1.82) is 0 Å². The van der Waals surface area contributed by atoms with Gasteiger partial charge in [-0.15, -0.1) is 0 Å². The second-order valence-corrected chi connectivity index (χ2v) is 5.72. The Labute approximate surface area is 113 Å². The van der Waals surface area contributed by atoms with Crippen LogP contribution in [0.4, 0.5) is 0 Å². The van der Waals surface area contributed by atoms with Gasteiger partial charge in [0.2, 0.25) is 0 Å². The maximum absolute atomic E-state index is 11.6. The molecule has 19 heavy (non-hydrogen) atoms. The minimum Gasteiger partial charge on any atom is -0.469 e. The molecule has 0 bridgehead atoms. The summed E-state index contributed by atoms with van der Waals surface area (Å²) < 4.78 is 7.17. The van der Waals surface area contributed by atoms with Gasteiger partial charge in [0.15, 0.2) is 0 Å². The van der Waals surface area contributed by atoms with Gasteiger partial charge in [0.25, 0.3) is 0 Å². The molecule has 1 saturated heterocycles. The molecule has 2 aliphatic heterocycles. The zero-order chi connectivity index (χ0) is 13.4. The summed E-state index contributed by atoms with van der Waals surface area (Å²) in [5.74, 6) is 1.68. The summed E-state index contributed by atoms with van der Waals surface area (Å²) in [6.45, 7) is 3.14. The molecule has 2 unspecified atom stereocenters. The monoisotopic (exact) mass is 263 g/mol. The van der Waals surface area contributed by atoms with E-state index < -0.39 is 0 Å². The van der Waals surface area contributed by atoms with E-state index >= 15 is 0 Å². The van der Waals surface area contributed by atoms with E-state index in [1.807, 2.05) is 6.20 Å². The molecule has 0 radical (unpaired) electrons. The van der Waals surface area contributed by atoms with Crippen LogP contribution in [0.15, 0.2) is 6.20 Å². The van der Waals surface area contributed by atoms with Gasteiger partial charge in [-0.05, 0) is 26.4 Å². The molecular formula is C14H21N3O2. The van der Waals surface area contributed by atoms with Crippen molar-refractivity contribution in [1.82, 2.24) is 14.5 Å². The summed E-state index contributed by atoms with van der Waals surface area (Å²) in [7, 11) is 3.63. The van der Waals surface area contributed by atoms with Crippen LogP contribution in [-0.4, -0.2) is 47.7 Å². The molecule has 1 fully saturated rings. The molecule has 1 aromatic heterocycles. The predicted molar refractivity (Wildman–Crippen MR) is 70.9 cm³/mol. The third kappa shape index (κ3) is 2.27. The number of hydrogen-bond acceptors (Lipinski definition) is 4. The molecule has 5 nitrogen and oxygen atoms in total. The van der Waals surface area contributed by atoms with E-state index in [2.05, 4.69) is 21.5 Å². The number of carbonyl (C=O) groups is 1. The summed E-state index contributed by atoms with van der Waals surface area (Å²) in [5.41, 5.74) is 1.19. The topological polar surface area (TPSA) is 47.4 Å². The van der Waals surface area contributed by atoms with E-state index in [9.17, 15) is 4.79 Å². The van der Waals surface area contributed by atoms with Crippen LogP contribution in [0.25, 0.3) is 0 Å². The van der Waals surface area contributed by atoms with Gasteiger partial charge >= 0.3 is 5.97 Å². The van der Waals surface area contributed by atoms with E-state index in [1.165, 1.54) is 25.0 Å². The van der Waals surface area contributed by atoms with Crippen LogP contribution in [0, 0.1) is 5.92 Å². The molecule has 0 aliphatic carbocycles. The zero-order valence-electron chi connectivity index (χ0n) is 11.6. The van der Waals surface area contributed by atoms with Gasteiger partial charge in [-0.25, -0.2) is 4.98 Å². The normalized spacial score (nSPS) is 27.3. The fraction of sp³-hybridized carbons (Fsp3) is 0.714. The Morgan fingerprint density at radius 2 is 2.26 bits per heavy atom. The van der Waals surface area contributed by atoms with Crippen LogP contribution in [0.5, 0.6) is 0 Å². The van der Waals surface area contributed by atoms with Crippen LogP contribution >= 0.6 is 0 Å². The van der Waals surface area contributed by atoms with Gasteiger partial charge in [-0.3, -0.25) is 4.79 Å². The first-order valence-electron chi connectivity index (χ1n) is 6.99. The fourth-order valence-corrected chi connectivity index (χ4v) is 3.33. The van der Waals surface area contributed by atoms with E-state index in [0.29, 0.717) is 5.92 Å². The number of fused-ring (bicyclic) bond motifs is 1. The lowest BCUT2D eigenvalue weighted by Crippen LogP contribution is -2.27. The van der Waals surface area contributed by atoms with E-state index in [0.717, 1.165) is 32.5 Å². The van der Waals surface area contributed by atoms with E-state index in [1.54, 1.807) is 0 Å². The Morgan fingerprint density at radius 1 is 1.42 bits per heavy atom. The molecule has 1 aromatic rings. The summed E-state index contributed by atoms with van der Waals surface area (Å²) >= 11 is 0. The van der Waals surface area contributed by atoms with Crippen LogP contribution in [0.2, 0.25) is 0 Å². The highest BCUT2D eigenvalue weighted by Gasteiger charge is 2.31. The number of methoxy groups -OCH3 is 1. The molecule has 104 valence electrons. The molecule has 2 atom stereocenters. The lowest BCUT2D eigenvalue weighted by Gasteiger charge is -2.24. The molecule has 0 amide bonds. The largest absolute Gasteiger partial charge is 0.469 e. The quantitative estimate of drug-likeness (QED) is 0.748. The maximum Gasteiger partial charge on any atom is 0.309 e. The highest BCUT2D eigenvalue weighted by atomic mass is 16.5. The van der Waals surface area contributed by atoms with Crippen molar-refractivity contribution in [2.24, 2.45) is 5.92 Å². The predicted octanol–water partition coefficient (Wildman–Crippen LogP) is 1.04. The fourth-order valence-electron chi connectivity index (χ4n) is 3.33. The van der Waals surface area contributed by atoms with Gasteiger partial charge in [-0.2, -0.15) is 0 Å². The Morgan fingerprint density at radius 3 is 2.95 bits per heavy atom. The number of imidazole rings is 1. The molecule has 0 N–H and O–H groups in total. The second-order valence-electron chi connectivity index (χ2n) is 5.72. The first kappa shape index (κ1) is 12.7. The summed E-state index contributed by atoms with van der Waals surface area (Å²) in [6.07, 6.45) is 4.77. The number of rotatable bonds is 2. The van der Waals surface area contributed by atoms with Crippen molar-refractivity contribution < 1.29 is 9.53 Å². The first-order chi connectivity index (χ1) is 9.19. The summed E-state index contributed by atoms with van der Waals surface area (Å²) in [4.78, 5) is 18.6. The van der Waals surface area contributed by atoms with Crippen LogP contribution < -0.4 is 0 Å². The van der Waals surface area contributed by atoms with Gasteiger partial charge in [0, 0.05) is 37.3 Å². The van der Waals surface area contributed by atoms with Crippen molar-refractivity contribution in [3.8, 4) is 0 Å². The number of esters is 1. The molecular weight excluding hydrogens is 242 g/mol. The van der Waals surface area contributed by atoms with Crippen LogP contribution in [0.1, 0.15) is 30.3 Å². The Hall–Kier alpha value is -1.36. The Bertz CT molecular complexity index is 483. The average Bonchev–Trinajstić information content (AvgIpc) is 3.02. The maximum atomic E-state index is 11.6. The third-order valence-electron chi connectivity index (χ3n) is 4.42. The number of hydrogen-bond donors (Lipinski definition) is 0. The van der Waals surface area contributed by atoms with Gasteiger partial charge in [0.1, 0.15) is 5.82 Å². The van der Waals surface area contributed by atoms with E-state index in [4.69, 9.17) is 4.74 Å². The number of aromatic nitrogens is 2. The third-order valence-corrected chi connectivity index (χ3v) is 4.42. The summed E-state index contributed by atoms with van der Waals surface area (Å²) in [6, 6.07) is 0. The second kappa shape index (κ2) is 4.96. The number of likely N-dealkylation sites (tertiary alicyclic amines) is 1. The molecule has 0 aromatic carbocycles. The van der Waals surface area contributed by atoms with Gasteiger partial charge in [-0.1, -0.05) is 0 Å². The van der Waals surface area contributed by atoms with Crippen LogP contribution in [0.3, 0.4) is 0 Å². The molecule has 0 spiro atoms. The minimum absolute atomic E-state index is 0.00769. The van der Waals surface area contributed by atoms with Crippen molar-refractivity contribution >= 4 is 5.97 Å². The molecule has 5 heteroatoms. The number of ether oxygens (including phenoxy) is 1. The first-order valence-corrected chi connectivity index (χ1v) is 6.99. The van der Waals surface area contributed by atoms with Gasteiger partial charge < -0.3 is 14.2 Å². The molecule has 2 aliphatic rings. The number of nitrogens with zero attached hydrogens (tertiary/aromatic N) is 3. The average molecular weight is 263 g/mol. The van der Waals surface area contributed by atoms with Crippen molar-refractivity contribution in [3.63, 3.8) is 0 Å². The summed E-state index contributed by atoms with van der Waals surface area (Å²) in [5, 5.41) is 0.